The van der Waals surface area contributed by atoms with E-state index < -0.39 is 0 Å². The Morgan fingerprint density at radius 2 is 2.39 bits per heavy atom. The van der Waals surface area contributed by atoms with Crippen molar-refractivity contribution in [3.8, 4) is 10.7 Å². The lowest BCUT2D eigenvalue weighted by Gasteiger charge is -2.01. The van der Waals surface area contributed by atoms with E-state index >= 15 is 0 Å². The summed E-state index contributed by atoms with van der Waals surface area (Å²) in [5.74, 6) is -0.148. The van der Waals surface area contributed by atoms with Crippen molar-refractivity contribution in [2.45, 2.75) is 6.54 Å². The molecule has 2 heterocycles. The van der Waals surface area contributed by atoms with Gasteiger partial charge in [0, 0.05) is 18.7 Å². The van der Waals surface area contributed by atoms with Gasteiger partial charge in [-0.3, -0.25) is 9.78 Å². The number of rotatable bonds is 5. The SMILES string of the molecule is COCC(=O)NCc1csc(-c2ccccn2)n1. The number of ether oxygens (including phenoxy) is 1. The number of thiazole rings is 1. The van der Waals surface area contributed by atoms with Gasteiger partial charge in [-0.1, -0.05) is 6.07 Å². The molecular weight excluding hydrogens is 250 g/mol. The van der Waals surface area contributed by atoms with E-state index in [1.54, 1.807) is 6.20 Å². The standard InChI is InChI=1S/C12H13N3O2S/c1-17-7-11(16)14-6-9-8-18-12(15-9)10-4-2-3-5-13-10/h2-5,8H,6-7H2,1H3,(H,14,16). The number of nitrogens with one attached hydrogen (secondary N) is 1. The van der Waals surface area contributed by atoms with Gasteiger partial charge < -0.3 is 10.1 Å². The van der Waals surface area contributed by atoms with Crippen LogP contribution in [0.1, 0.15) is 5.69 Å². The maximum atomic E-state index is 11.2. The summed E-state index contributed by atoms with van der Waals surface area (Å²) in [5, 5.41) is 5.49. The van der Waals surface area contributed by atoms with Crippen LogP contribution in [0.25, 0.3) is 10.7 Å². The molecule has 94 valence electrons. The first kappa shape index (κ1) is 12.7. The van der Waals surface area contributed by atoms with Crippen LogP contribution < -0.4 is 5.32 Å². The van der Waals surface area contributed by atoms with E-state index in [1.807, 2.05) is 23.6 Å². The van der Waals surface area contributed by atoms with Gasteiger partial charge in [-0.2, -0.15) is 0 Å². The number of pyridine rings is 1. The Labute approximate surface area is 109 Å². The second kappa shape index (κ2) is 6.23. The molecule has 0 aliphatic rings. The maximum absolute atomic E-state index is 11.2. The molecule has 2 aromatic heterocycles. The average Bonchev–Trinajstić information content (AvgIpc) is 2.87. The summed E-state index contributed by atoms with van der Waals surface area (Å²) in [7, 11) is 1.49. The van der Waals surface area contributed by atoms with Crippen LogP contribution in [0.2, 0.25) is 0 Å². The van der Waals surface area contributed by atoms with Crippen molar-refractivity contribution < 1.29 is 9.53 Å². The first-order valence-electron chi connectivity index (χ1n) is 5.41. The number of carbonyl (C=O) groups excluding carboxylic acids is 1. The summed E-state index contributed by atoms with van der Waals surface area (Å²) >= 11 is 1.51. The number of nitrogens with zero attached hydrogens (tertiary/aromatic N) is 2. The smallest absolute Gasteiger partial charge is 0.246 e. The first-order chi connectivity index (χ1) is 8.79. The van der Waals surface area contributed by atoms with Crippen molar-refractivity contribution in [1.29, 1.82) is 0 Å². The first-order valence-corrected chi connectivity index (χ1v) is 6.29. The molecule has 0 aliphatic carbocycles. The highest BCUT2D eigenvalue weighted by molar-refractivity contribution is 7.13. The largest absolute Gasteiger partial charge is 0.375 e. The molecule has 0 atom stereocenters. The van der Waals surface area contributed by atoms with Crippen molar-refractivity contribution in [2.75, 3.05) is 13.7 Å². The van der Waals surface area contributed by atoms with Crippen LogP contribution in [-0.4, -0.2) is 29.6 Å². The number of amides is 1. The Balaban J connectivity index is 1.97. The third-order valence-electron chi connectivity index (χ3n) is 2.18. The summed E-state index contributed by atoms with van der Waals surface area (Å²) in [6, 6.07) is 5.69. The molecule has 0 spiro atoms. The average molecular weight is 263 g/mol. The Morgan fingerprint density at radius 1 is 1.50 bits per heavy atom. The number of carbonyl (C=O) groups is 1. The van der Waals surface area contributed by atoms with Crippen molar-refractivity contribution >= 4 is 17.2 Å². The highest BCUT2D eigenvalue weighted by Gasteiger charge is 2.06. The fourth-order valence-corrected chi connectivity index (χ4v) is 2.16. The van der Waals surface area contributed by atoms with Crippen LogP contribution in [0.15, 0.2) is 29.8 Å². The molecule has 0 saturated heterocycles. The van der Waals surface area contributed by atoms with Gasteiger partial charge in [0.15, 0.2) is 0 Å². The van der Waals surface area contributed by atoms with Crippen molar-refractivity contribution in [1.82, 2.24) is 15.3 Å². The zero-order valence-electron chi connectivity index (χ0n) is 9.92. The van der Waals surface area contributed by atoms with Gasteiger partial charge in [-0.05, 0) is 12.1 Å². The second-order valence-electron chi connectivity index (χ2n) is 3.57. The van der Waals surface area contributed by atoms with Crippen molar-refractivity contribution in [3.05, 3.63) is 35.5 Å². The molecule has 5 nitrogen and oxygen atoms in total. The Hall–Kier alpha value is -1.79. The molecule has 0 radical (unpaired) electrons. The molecule has 0 fully saturated rings. The Kier molecular flexibility index (Phi) is 4.38. The quantitative estimate of drug-likeness (QED) is 0.887. The molecule has 0 aliphatic heterocycles. The normalized spacial score (nSPS) is 10.3. The Bertz CT molecular complexity index is 513. The van der Waals surface area contributed by atoms with E-state index in [2.05, 4.69) is 15.3 Å². The molecule has 18 heavy (non-hydrogen) atoms. The molecule has 1 amide bonds. The van der Waals surface area contributed by atoms with Gasteiger partial charge in [0.25, 0.3) is 0 Å². The molecule has 2 aromatic rings. The molecule has 1 N–H and O–H groups in total. The van der Waals surface area contributed by atoms with Crippen LogP contribution >= 0.6 is 11.3 Å². The van der Waals surface area contributed by atoms with Crippen molar-refractivity contribution in [2.24, 2.45) is 0 Å². The summed E-state index contributed by atoms with van der Waals surface area (Å²) in [6.45, 7) is 0.475. The molecule has 0 aromatic carbocycles. The van der Waals surface area contributed by atoms with E-state index in [1.165, 1.54) is 18.4 Å². The highest BCUT2D eigenvalue weighted by atomic mass is 32.1. The second-order valence-corrected chi connectivity index (χ2v) is 4.43. The van der Waals surface area contributed by atoms with E-state index in [9.17, 15) is 4.79 Å². The van der Waals surface area contributed by atoms with E-state index in [-0.39, 0.29) is 12.5 Å². The molecule has 0 bridgehead atoms. The van der Waals surface area contributed by atoms with E-state index in [0.29, 0.717) is 6.54 Å². The topological polar surface area (TPSA) is 64.1 Å². The monoisotopic (exact) mass is 263 g/mol. The van der Waals surface area contributed by atoms with Gasteiger partial charge in [0.1, 0.15) is 11.6 Å². The van der Waals surface area contributed by atoms with Gasteiger partial charge in [0.2, 0.25) is 5.91 Å². The lowest BCUT2D eigenvalue weighted by Crippen LogP contribution is -2.26. The van der Waals surface area contributed by atoms with E-state index in [4.69, 9.17) is 4.74 Å². The molecule has 6 heteroatoms. The lowest BCUT2D eigenvalue weighted by molar-refractivity contribution is -0.124. The molecule has 2 rings (SSSR count). The van der Waals surface area contributed by atoms with Gasteiger partial charge in [-0.25, -0.2) is 4.98 Å². The van der Waals surface area contributed by atoms with Crippen molar-refractivity contribution in [3.63, 3.8) is 0 Å². The fourth-order valence-electron chi connectivity index (χ4n) is 1.37. The van der Waals surface area contributed by atoms with Crippen LogP contribution in [0, 0.1) is 0 Å². The number of hydrogen-bond donors (Lipinski definition) is 1. The third-order valence-corrected chi connectivity index (χ3v) is 3.09. The summed E-state index contributed by atoms with van der Waals surface area (Å²) < 4.78 is 4.73. The predicted octanol–water partition coefficient (Wildman–Crippen LogP) is 1.47. The van der Waals surface area contributed by atoms with Crippen LogP contribution in [0.3, 0.4) is 0 Å². The van der Waals surface area contributed by atoms with Crippen LogP contribution in [0.5, 0.6) is 0 Å². The highest BCUT2D eigenvalue weighted by Crippen LogP contribution is 2.20. The minimum absolute atomic E-state index is 0.0667. The maximum Gasteiger partial charge on any atom is 0.246 e. The Morgan fingerprint density at radius 3 is 3.11 bits per heavy atom. The van der Waals surface area contributed by atoms with E-state index in [0.717, 1.165) is 16.4 Å². The predicted molar refractivity (Wildman–Crippen MR) is 69.1 cm³/mol. The van der Waals surface area contributed by atoms with Crippen LogP contribution in [0.4, 0.5) is 0 Å². The number of aromatic nitrogens is 2. The molecule has 0 unspecified atom stereocenters. The number of hydrogen-bond acceptors (Lipinski definition) is 5. The minimum atomic E-state index is -0.148. The van der Waals surface area contributed by atoms with Crippen LogP contribution in [-0.2, 0) is 16.1 Å². The zero-order chi connectivity index (χ0) is 12.8. The van der Waals surface area contributed by atoms with Gasteiger partial charge in [-0.15, -0.1) is 11.3 Å². The molecule has 0 saturated carbocycles. The molecular formula is C12H13N3O2S. The lowest BCUT2D eigenvalue weighted by atomic mass is 10.3. The third kappa shape index (κ3) is 3.35. The van der Waals surface area contributed by atoms with Gasteiger partial charge >= 0.3 is 0 Å². The minimum Gasteiger partial charge on any atom is -0.375 e. The summed E-state index contributed by atoms with van der Waals surface area (Å²) in [5.41, 5.74) is 1.67. The zero-order valence-corrected chi connectivity index (χ0v) is 10.7. The summed E-state index contributed by atoms with van der Waals surface area (Å²) in [4.78, 5) is 19.9. The number of methoxy groups -OCH3 is 1. The summed E-state index contributed by atoms with van der Waals surface area (Å²) in [6.07, 6.45) is 1.73. The fraction of sp³-hybridized carbons (Fsp3) is 0.250. The van der Waals surface area contributed by atoms with Gasteiger partial charge in [0.05, 0.1) is 17.9 Å².